The molecule has 4 nitrogen and oxygen atoms in total. The van der Waals surface area contributed by atoms with Gasteiger partial charge < -0.3 is 15.5 Å². The summed E-state index contributed by atoms with van der Waals surface area (Å²) in [6.45, 7) is 2.81. The van der Waals surface area contributed by atoms with Crippen LogP contribution in [-0.2, 0) is 6.54 Å². The zero-order valence-electron chi connectivity index (χ0n) is 14.5. The van der Waals surface area contributed by atoms with Crippen LogP contribution in [0.2, 0.25) is 5.02 Å². The number of benzene rings is 1. The van der Waals surface area contributed by atoms with Crippen molar-refractivity contribution in [2.24, 2.45) is 4.99 Å². The first-order chi connectivity index (χ1) is 12.2. The molecule has 1 aromatic heterocycles. The van der Waals surface area contributed by atoms with E-state index in [-0.39, 0.29) is 24.0 Å². The molecule has 2 heterocycles. The summed E-state index contributed by atoms with van der Waals surface area (Å²) < 4.78 is 0.987. The molecule has 0 unspecified atom stereocenters. The van der Waals surface area contributed by atoms with Crippen LogP contribution in [-0.4, -0.2) is 32.1 Å². The second-order valence-corrected chi connectivity index (χ2v) is 8.27. The third-order valence-corrected chi connectivity index (χ3v) is 6.11. The first-order valence-corrected chi connectivity index (χ1v) is 10.4. The fourth-order valence-electron chi connectivity index (χ4n) is 2.93. The van der Waals surface area contributed by atoms with Crippen LogP contribution in [0.15, 0.2) is 45.2 Å². The van der Waals surface area contributed by atoms with Crippen LogP contribution in [0.3, 0.4) is 0 Å². The molecule has 1 aliphatic rings. The van der Waals surface area contributed by atoms with Gasteiger partial charge in [0.25, 0.3) is 0 Å². The normalized spacial score (nSPS) is 15.5. The Morgan fingerprint density at radius 2 is 2.12 bits per heavy atom. The van der Waals surface area contributed by atoms with E-state index in [0.717, 1.165) is 46.9 Å². The summed E-state index contributed by atoms with van der Waals surface area (Å²) in [4.78, 5) is 6.80. The fraction of sp³-hybridized carbons (Fsp3) is 0.389. The van der Waals surface area contributed by atoms with Crippen molar-refractivity contribution in [3.05, 3.63) is 50.8 Å². The maximum atomic E-state index is 6.28. The average Bonchev–Trinajstić information content (AvgIpc) is 3.15. The SMILES string of the molecule is CN=C(NCc1ccc(Br)cc1Cl)NC1CCN(c2cccs2)CC1.I. The molecule has 0 saturated carbocycles. The van der Waals surface area contributed by atoms with Crippen molar-refractivity contribution in [2.75, 3.05) is 25.0 Å². The van der Waals surface area contributed by atoms with Crippen molar-refractivity contribution in [2.45, 2.75) is 25.4 Å². The first kappa shape index (κ1) is 21.8. The highest BCUT2D eigenvalue weighted by atomic mass is 127. The Labute approximate surface area is 189 Å². The molecule has 2 aromatic rings. The number of nitrogens with zero attached hydrogens (tertiary/aromatic N) is 2. The molecule has 1 fully saturated rings. The third kappa shape index (κ3) is 6.00. The average molecular weight is 570 g/mol. The van der Waals surface area contributed by atoms with Crippen LogP contribution in [0.1, 0.15) is 18.4 Å². The number of thiophene rings is 1. The monoisotopic (exact) mass is 568 g/mol. The van der Waals surface area contributed by atoms with E-state index in [0.29, 0.717) is 12.6 Å². The molecule has 0 bridgehead atoms. The van der Waals surface area contributed by atoms with Crippen LogP contribution in [0.5, 0.6) is 0 Å². The Morgan fingerprint density at radius 1 is 1.35 bits per heavy atom. The van der Waals surface area contributed by atoms with Gasteiger partial charge in [-0.3, -0.25) is 4.99 Å². The number of piperidine rings is 1. The van der Waals surface area contributed by atoms with Crippen molar-refractivity contribution in [3.63, 3.8) is 0 Å². The van der Waals surface area contributed by atoms with E-state index in [1.807, 2.05) is 29.5 Å². The highest BCUT2D eigenvalue weighted by Gasteiger charge is 2.20. The Bertz CT molecular complexity index is 718. The number of nitrogens with one attached hydrogen (secondary N) is 2. The second-order valence-electron chi connectivity index (χ2n) is 6.02. The van der Waals surface area contributed by atoms with Gasteiger partial charge in [0.15, 0.2) is 5.96 Å². The van der Waals surface area contributed by atoms with E-state index in [4.69, 9.17) is 11.6 Å². The first-order valence-electron chi connectivity index (χ1n) is 8.35. The van der Waals surface area contributed by atoms with Gasteiger partial charge in [-0.2, -0.15) is 0 Å². The van der Waals surface area contributed by atoms with E-state index in [2.05, 4.69) is 54.0 Å². The summed E-state index contributed by atoms with van der Waals surface area (Å²) in [6, 6.07) is 10.7. The number of halogens is 3. The molecule has 0 atom stereocenters. The minimum atomic E-state index is 0. The van der Waals surface area contributed by atoms with Gasteiger partial charge in [-0.1, -0.05) is 33.6 Å². The number of rotatable bonds is 4. The number of hydrogen-bond donors (Lipinski definition) is 2. The van der Waals surface area contributed by atoms with Crippen molar-refractivity contribution in [1.29, 1.82) is 0 Å². The van der Waals surface area contributed by atoms with E-state index < -0.39 is 0 Å². The zero-order valence-corrected chi connectivity index (χ0v) is 20.0. The van der Waals surface area contributed by atoms with Gasteiger partial charge in [-0.05, 0) is 48.1 Å². The van der Waals surface area contributed by atoms with Gasteiger partial charge in [0.05, 0.1) is 5.00 Å². The Morgan fingerprint density at radius 3 is 2.73 bits per heavy atom. The molecule has 8 heteroatoms. The van der Waals surface area contributed by atoms with Crippen molar-refractivity contribution >= 4 is 73.8 Å². The maximum absolute atomic E-state index is 6.28. The van der Waals surface area contributed by atoms with Gasteiger partial charge in [0.1, 0.15) is 0 Å². The van der Waals surface area contributed by atoms with E-state index in [9.17, 15) is 0 Å². The van der Waals surface area contributed by atoms with Crippen LogP contribution >= 0.6 is 62.8 Å². The minimum Gasteiger partial charge on any atom is -0.363 e. The lowest BCUT2D eigenvalue weighted by molar-refractivity contribution is 0.463. The number of anilines is 1. The van der Waals surface area contributed by atoms with Gasteiger partial charge in [0.2, 0.25) is 0 Å². The number of guanidine groups is 1. The Kier molecular flexibility index (Phi) is 8.99. The predicted octanol–water partition coefficient (Wildman–Crippen LogP) is 5.12. The van der Waals surface area contributed by atoms with Crippen LogP contribution in [0, 0.1) is 0 Å². The molecule has 0 aliphatic carbocycles. The quantitative estimate of drug-likeness (QED) is 0.305. The molecule has 0 spiro atoms. The maximum Gasteiger partial charge on any atom is 0.191 e. The van der Waals surface area contributed by atoms with Gasteiger partial charge in [0, 0.05) is 42.2 Å². The molecular weight excluding hydrogens is 547 g/mol. The molecule has 1 aromatic carbocycles. The van der Waals surface area contributed by atoms with E-state index >= 15 is 0 Å². The largest absolute Gasteiger partial charge is 0.363 e. The lowest BCUT2D eigenvalue weighted by Crippen LogP contribution is -2.48. The molecule has 26 heavy (non-hydrogen) atoms. The molecule has 0 radical (unpaired) electrons. The van der Waals surface area contributed by atoms with Gasteiger partial charge in [-0.25, -0.2) is 0 Å². The number of aliphatic imine (C=N–C) groups is 1. The lowest BCUT2D eigenvalue weighted by Gasteiger charge is -2.33. The zero-order chi connectivity index (χ0) is 17.6. The Hall–Kier alpha value is -0.510. The summed E-state index contributed by atoms with van der Waals surface area (Å²) in [5, 5.41) is 11.2. The second kappa shape index (κ2) is 10.7. The highest BCUT2D eigenvalue weighted by Crippen LogP contribution is 2.25. The molecule has 1 aliphatic heterocycles. The van der Waals surface area contributed by atoms with Crippen LogP contribution in [0.4, 0.5) is 5.00 Å². The number of hydrogen-bond acceptors (Lipinski definition) is 3. The summed E-state index contributed by atoms with van der Waals surface area (Å²) in [5.41, 5.74) is 1.06. The fourth-order valence-corrected chi connectivity index (χ4v) is 4.45. The molecule has 0 amide bonds. The van der Waals surface area contributed by atoms with Gasteiger partial charge in [-0.15, -0.1) is 35.3 Å². The third-order valence-electron chi connectivity index (χ3n) is 4.34. The van der Waals surface area contributed by atoms with E-state index in [1.54, 1.807) is 7.05 Å². The van der Waals surface area contributed by atoms with Crippen molar-refractivity contribution in [1.82, 2.24) is 10.6 Å². The van der Waals surface area contributed by atoms with Crippen LogP contribution in [0.25, 0.3) is 0 Å². The molecule has 3 rings (SSSR count). The standard InChI is InChI=1S/C18H22BrClN4S.HI/c1-21-18(22-12-13-4-5-14(19)11-16(13)20)23-15-6-8-24(9-7-15)17-3-2-10-25-17;/h2-5,10-11,15H,6-9,12H2,1H3,(H2,21,22,23);1H. The summed E-state index contributed by atoms with van der Waals surface area (Å²) in [7, 11) is 1.80. The molecule has 142 valence electrons. The minimum absolute atomic E-state index is 0. The summed E-state index contributed by atoms with van der Waals surface area (Å²) in [5.74, 6) is 0.827. The lowest BCUT2D eigenvalue weighted by atomic mass is 10.1. The molecule has 2 N–H and O–H groups in total. The molecular formula is C18H23BrClIN4S. The van der Waals surface area contributed by atoms with E-state index in [1.165, 1.54) is 5.00 Å². The topological polar surface area (TPSA) is 39.7 Å². The Balaban J connectivity index is 0.00000243. The van der Waals surface area contributed by atoms with Crippen molar-refractivity contribution in [3.8, 4) is 0 Å². The van der Waals surface area contributed by atoms with Gasteiger partial charge >= 0.3 is 0 Å². The predicted molar refractivity (Wildman–Crippen MR) is 127 cm³/mol. The highest BCUT2D eigenvalue weighted by molar-refractivity contribution is 14.0. The smallest absolute Gasteiger partial charge is 0.191 e. The van der Waals surface area contributed by atoms with Crippen molar-refractivity contribution < 1.29 is 0 Å². The summed E-state index contributed by atoms with van der Waals surface area (Å²) in [6.07, 6.45) is 2.22. The van der Waals surface area contributed by atoms with Crippen LogP contribution < -0.4 is 15.5 Å². The summed E-state index contributed by atoms with van der Waals surface area (Å²) >= 11 is 11.5. The molecule has 1 saturated heterocycles.